The van der Waals surface area contributed by atoms with Crippen LogP contribution in [0, 0.1) is 0 Å². The molecule has 0 saturated carbocycles. The third kappa shape index (κ3) is 4.37. The first kappa shape index (κ1) is 16.4. The molecule has 0 unspecified atom stereocenters. The maximum Gasteiger partial charge on any atom is 0.243 e. The zero-order valence-electron chi connectivity index (χ0n) is 8.29. The summed E-state index contributed by atoms with van der Waals surface area (Å²) in [4.78, 5) is 0.0373. The number of thiophene rings is 1. The lowest BCUT2D eigenvalue weighted by atomic mass is 10.7. The van der Waals surface area contributed by atoms with Crippen molar-refractivity contribution in [3.8, 4) is 0 Å². The standard InChI is InChI=1S/C7H10Cl2N2O2S2.ClH/c1-10-2-3-11-15(12,13)5-4-6(8)14-7(5)9;/h4,10-11H,2-3H2,1H3;1H. The van der Waals surface area contributed by atoms with Crippen LogP contribution in [0.5, 0.6) is 0 Å². The highest BCUT2D eigenvalue weighted by Crippen LogP contribution is 2.33. The van der Waals surface area contributed by atoms with E-state index in [4.69, 9.17) is 23.2 Å². The second-order valence-corrected chi connectivity index (χ2v) is 6.71. The molecule has 16 heavy (non-hydrogen) atoms. The first-order valence-electron chi connectivity index (χ1n) is 4.06. The van der Waals surface area contributed by atoms with Gasteiger partial charge in [-0.15, -0.1) is 23.7 Å². The Morgan fingerprint density at radius 1 is 1.38 bits per heavy atom. The molecule has 1 rings (SSSR count). The van der Waals surface area contributed by atoms with Crippen molar-refractivity contribution in [1.82, 2.24) is 10.0 Å². The van der Waals surface area contributed by atoms with E-state index in [1.54, 1.807) is 7.05 Å². The smallest absolute Gasteiger partial charge is 0.243 e. The van der Waals surface area contributed by atoms with E-state index in [0.717, 1.165) is 11.3 Å². The third-order valence-corrected chi connectivity index (χ3v) is 4.80. The van der Waals surface area contributed by atoms with Gasteiger partial charge in [-0.2, -0.15) is 0 Å². The molecular formula is C7H11Cl3N2O2S2. The quantitative estimate of drug-likeness (QED) is 0.814. The topological polar surface area (TPSA) is 58.2 Å². The molecule has 0 saturated heterocycles. The first-order chi connectivity index (χ1) is 6.97. The van der Waals surface area contributed by atoms with Gasteiger partial charge in [0, 0.05) is 13.1 Å². The SMILES string of the molecule is CNCCNS(=O)(=O)c1cc(Cl)sc1Cl.Cl. The van der Waals surface area contributed by atoms with Crippen LogP contribution in [0.1, 0.15) is 0 Å². The molecule has 0 spiro atoms. The number of rotatable bonds is 5. The fourth-order valence-corrected chi connectivity index (χ4v) is 4.08. The molecule has 0 aliphatic rings. The molecule has 0 bridgehead atoms. The zero-order chi connectivity index (χ0) is 11.5. The Hall–Kier alpha value is 0.440. The van der Waals surface area contributed by atoms with Crippen LogP contribution in [0.2, 0.25) is 8.67 Å². The molecule has 0 aromatic carbocycles. The maximum atomic E-state index is 11.7. The Labute approximate surface area is 115 Å². The minimum atomic E-state index is -3.54. The minimum absolute atomic E-state index is 0. The number of hydrogen-bond acceptors (Lipinski definition) is 4. The Bertz CT molecular complexity index is 433. The van der Waals surface area contributed by atoms with Crippen molar-refractivity contribution < 1.29 is 8.42 Å². The van der Waals surface area contributed by atoms with E-state index in [2.05, 4.69) is 10.0 Å². The van der Waals surface area contributed by atoms with Gasteiger partial charge in [-0.1, -0.05) is 23.2 Å². The van der Waals surface area contributed by atoms with Crippen molar-refractivity contribution in [1.29, 1.82) is 0 Å². The summed E-state index contributed by atoms with van der Waals surface area (Å²) in [6.07, 6.45) is 0. The van der Waals surface area contributed by atoms with Crippen LogP contribution in [0.3, 0.4) is 0 Å². The van der Waals surface area contributed by atoms with Gasteiger partial charge in [0.05, 0.1) is 4.34 Å². The molecule has 0 fully saturated rings. The summed E-state index contributed by atoms with van der Waals surface area (Å²) >= 11 is 12.4. The Morgan fingerprint density at radius 3 is 2.44 bits per heavy atom. The molecule has 94 valence electrons. The fraction of sp³-hybridized carbons (Fsp3) is 0.429. The predicted molar refractivity (Wildman–Crippen MR) is 70.7 cm³/mol. The molecule has 0 atom stereocenters. The van der Waals surface area contributed by atoms with E-state index in [-0.39, 0.29) is 21.6 Å². The summed E-state index contributed by atoms with van der Waals surface area (Å²) < 4.78 is 26.3. The van der Waals surface area contributed by atoms with Crippen LogP contribution in [0.15, 0.2) is 11.0 Å². The second kappa shape index (κ2) is 7.00. The number of nitrogens with one attached hydrogen (secondary N) is 2. The van der Waals surface area contributed by atoms with Crippen LogP contribution >= 0.6 is 46.9 Å². The lowest BCUT2D eigenvalue weighted by molar-refractivity contribution is 0.580. The summed E-state index contributed by atoms with van der Waals surface area (Å²) in [5.41, 5.74) is 0. The molecular weight excluding hydrogens is 315 g/mol. The third-order valence-electron chi connectivity index (χ3n) is 1.58. The highest BCUT2D eigenvalue weighted by molar-refractivity contribution is 7.89. The number of halogens is 3. The molecule has 1 heterocycles. The minimum Gasteiger partial charge on any atom is -0.318 e. The first-order valence-corrected chi connectivity index (χ1v) is 7.12. The Morgan fingerprint density at radius 2 is 2.00 bits per heavy atom. The van der Waals surface area contributed by atoms with Crippen molar-refractivity contribution in [2.45, 2.75) is 4.90 Å². The van der Waals surface area contributed by atoms with Gasteiger partial charge < -0.3 is 5.32 Å². The molecule has 1 aromatic heterocycles. The summed E-state index contributed by atoms with van der Waals surface area (Å²) in [5.74, 6) is 0. The molecule has 9 heteroatoms. The van der Waals surface area contributed by atoms with E-state index in [1.807, 2.05) is 0 Å². The second-order valence-electron chi connectivity index (χ2n) is 2.69. The maximum absolute atomic E-state index is 11.7. The molecule has 0 radical (unpaired) electrons. The summed E-state index contributed by atoms with van der Waals surface area (Å²) in [5, 5.41) is 2.83. The van der Waals surface area contributed by atoms with E-state index in [1.165, 1.54) is 6.07 Å². The molecule has 0 aliphatic carbocycles. The van der Waals surface area contributed by atoms with Crippen molar-refractivity contribution in [2.24, 2.45) is 0 Å². The summed E-state index contributed by atoms with van der Waals surface area (Å²) in [6, 6.07) is 1.34. The summed E-state index contributed by atoms with van der Waals surface area (Å²) in [6.45, 7) is 0.858. The number of sulfonamides is 1. The van der Waals surface area contributed by atoms with E-state index in [9.17, 15) is 8.42 Å². The van der Waals surface area contributed by atoms with Gasteiger partial charge in [0.25, 0.3) is 0 Å². The van der Waals surface area contributed by atoms with Crippen molar-refractivity contribution in [2.75, 3.05) is 20.1 Å². The van der Waals surface area contributed by atoms with Gasteiger partial charge in [-0.25, -0.2) is 13.1 Å². The van der Waals surface area contributed by atoms with Crippen LogP contribution in [0.25, 0.3) is 0 Å². The molecule has 0 aliphatic heterocycles. The van der Waals surface area contributed by atoms with E-state index in [0.29, 0.717) is 17.4 Å². The number of likely N-dealkylation sites (N-methyl/N-ethyl adjacent to an activating group) is 1. The molecule has 0 amide bonds. The molecule has 2 N–H and O–H groups in total. The normalized spacial score (nSPS) is 11.2. The van der Waals surface area contributed by atoms with Gasteiger partial charge in [-0.3, -0.25) is 0 Å². The average Bonchev–Trinajstić information content (AvgIpc) is 2.46. The highest BCUT2D eigenvalue weighted by Gasteiger charge is 2.19. The lowest BCUT2D eigenvalue weighted by Crippen LogP contribution is -2.30. The van der Waals surface area contributed by atoms with Gasteiger partial charge >= 0.3 is 0 Å². The van der Waals surface area contributed by atoms with Gasteiger partial charge in [-0.05, 0) is 13.1 Å². The number of hydrogen-bond donors (Lipinski definition) is 2. The summed E-state index contributed by atoms with van der Waals surface area (Å²) in [7, 11) is -1.80. The highest BCUT2D eigenvalue weighted by atomic mass is 35.5. The van der Waals surface area contributed by atoms with Gasteiger partial charge in [0.1, 0.15) is 9.23 Å². The average molecular weight is 326 g/mol. The van der Waals surface area contributed by atoms with Crippen LogP contribution < -0.4 is 10.0 Å². The lowest BCUT2D eigenvalue weighted by Gasteiger charge is -2.04. The van der Waals surface area contributed by atoms with Gasteiger partial charge in [0.15, 0.2) is 0 Å². The van der Waals surface area contributed by atoms with Crippen molar-refractivity contribution in [3.63, 3.8) is 0 Å². The van der Waals surface area contributed by atoms with Crippen molar-refractivity contribution in [3.05, 3.63) is 14.7 Å². The van der Waals surface area contributed by atoms with Crippen LogP contribution in [-0.4, -0.2) is 28.6 Å². The van der Waals surface area contributed by atoms with Crippen LogP contribution in [0.4, 0.5) is 0 Å². The largest absolute Gasteiger partial charge is 0.318 e. The monoisotopic (exact) mass is 324 g/mol. The molecule has 1 aromatic rings. The predicted octanol–water partition coefficient (Wildman–Crippen LogP) is 1.97. The van der Waals surface area contributed by atoms with E-state index < -0.39 is 10.0 Å². The Kier molecular flexibility index (Phi) is 7.20. The van der Waals surface area contributed by atoms with Crippen LogP contribution in [-0.2, 0) is 10.0 Å². The van der Waals surface area contributed by atoms with Gasteiger partial charge in [0.2, 0.25) is 10.0 Å². The van der Waals surface area contributed by atoms with Crippen molar-refractivity contribution >= 4 is 57.0 Å². The fourth-order valence-electron chi connectivity index (χ4n) is 0.897. The zero-order valence-corrected chi connectivity index (χ0v) is 12.3. The Balaban J connectivity index is 0.00000225. The van der Waals surface area contributed by atoms with E-state index >= 15 is 0 Å². The molecule has 4 nitrogen and oxygen atoms in total.